The van der Waals surface area contributed by atoms with Crippen molar-refractivity contribution in [2.45, 2.75) is 88.6 Å². The molecule has 2 aromatic carbocycles. The van der Waals surface area contributed by atoms with Crippen molar-refractivity contribution < 1.29 is 27.1 Å². The average Bonchev–Trinajstić information content (AvgIpc) is 3.35. The maximum atomic E-state index is 11.9. The van der Waals surface area contributed by atoms with E-state index in [1.54, 1.807) is 12.1 Å². The van der Waals surface area contributed by atoms with E-state index in [4.69, 9.17) is 4.74 Å². The summed E-state index contributed by atoms with van der Waals surface area (Å²) in [7, 11) is -0.151. The van der Waals surface area contributed by atoms with Gasteiger partial charge in [0.15, 0.2) is 0 Å². The van der Waals surface area contributed by atoms with Crippen molar-refractivity contribution in [3.05, 3.63) is 99.9 Å². The lowest BCUT2D eigenvalue weighted by Gasteiger charge is -2.26. The fourth-order valence-electron chi connectivity index (χ4n) is 8.22. The van der Waals surface area contributed by atoms with Crippen molar-refractivity contribution in [1.82, 2.24) is 0 Å². The largest absolute Gasteiger partial charge is 0.464 e. The van der Waals surface area contributed by atoms with Crippen LogP contribution in [-0.4, -0.2) is 63.0 Å². The van der Waals surface area contributed by atoms with E-state index in [1.807, 2.05) is 7.05 Å². The first-order valence-corrected chi connectivity index (χ1v) is 18.3. The maximum Gasteiger partial charge on any atom is 0.294 e. The van der Waals surface area contributed by atoms with Crippen LogP contribution in [0.1, 0.15) is 76.5 Å². The van der Waals surface area contributed by atoms with Crippen LogP contribution in [0.5, 0.6) is 0 Å². The van der Waals surface area contributed by atoms with Gasteiger partial charge in [0.2, 0.25) is 5.71 Å². The van der Waals surface area contributed by atoms with Gasteiger partial charge in [-0.2, -0.15) is 8.42 Å². The molecule has 1 saturated carbocycles. The first-order valence-electron chi connectivity index (χ1n) is 16.9. The van der Waals surface area contributed by atoms with Crippen molar-refractivity contribution in [2.75, 3.05) is 37.0 Å². The van der Waals surface area contributed by atoms with Gasteiger partial charge in [-0.25, -0.2) is 4.58 Å². The number of nitrogens with zero attached hydrogens (tertiary/aromatic N) is 3. The van der Waals surface area contributed by atoms with Crippen LogP contribution >= 0.6 is 0 Å². The van der Waals surface area contributed by atoms with Crippen LogP contribution in [-0.2, 0) is 30.5 Å². The highest BCUT2D eigenvalue weighted by atomic mass is 32.2. The molecular weight excluding hydrogens is 623 g/mol. The molecule has 0 unspecified atom stereocenters. The smallest absolute Gasteiger partial charge is 0.294 e. The Labute approximate surface area is 285 Å². The maximum absolute atomic E-state index is 11.9. The van der Waals surface area contributed by atoms with Gasteiger partial charge >= 0.3 is 0 Å². The Morgan fingerprint density at radius 3 is 1.88 bits per heavy atom. The van der Waals surface area contributed by atoms with E-state index in [1.165, 1.54) is 45.4 Å². The molecule has 2 fully saturated rings. The Bertz CT molecular complexity index is 1920. The van der Waals surface area contributed by atoms with E-state index < -0.39 is 15.5 Å². The lowest BCUT2D eigenvalue weighted by atomic mass is 9.82. The van der Waals surface area contributed by atoms with Crippen molar-refractivity contribution in [3.8, 4) is 0 Å². The van der Waals surface area contributed by atoms with Crippen LogP contribution in [0.25, 0.3) is 0 Å². The number of fused-ring (bicyclic) bond motifs is 2. The average molecular weight is 671 g/mol. The number of piperidine rings is 1. The Balaban J connectivity index is 1.41. The predicted molar refractivity (Wildman–Crippen MR) is 192 cm³/mol. The molecule has 4 aliphatic rings. The summed E-state index contributed by atoms with van der Waals surface area (Å²) in [4.78, 5) is 15.4. The summed E-state index contributed by atoms with van der Waals surface area (Å²) in [6, 6.07) is 11.5. The third-order valence-electron chi connectivity index (χ3n) is 10.9. The first kappa shape index (κ1) is 33.9. The number of anilines is 2. The van der Waals surface area contributed by atoms with Gasteiger partial charge in [-0.3, -0.25) is 9.35 Å². The minimum absolute atomic E-state index is 0.0546. The highest BCUT2D eigenvalue weighted by Crippen LogP contribution is 2.49. The molecule has 254 valence electrons. The monoisotopic (exact) mass is 670 g/mol. The van der Waals surface area contributed by atoms with Gasteiger partial charge in [0.25, 0.3) is 16.6 Å². The second-order valence-corrected chi connectivity index (χ2v) is 16.1. The molecule has 1 aliphatic carbocycles. The van der Waals surface area contributed by atoms with Crippen LogP contribution in [0.3, 0.4) is 0 Å². The summed E-state index contributed by atoms with van der Waals surface area (Å²) in [5.74, 6) is 0. The lowest BCUT2D eigenvalue weighted by Crippen LogP contribution is -2.36. The van der Waals surface area contributed by atoms with E-state index in [0.717, 1.165) is 62.1 Å². The summed E-state index contributed by atoms with van der Waals surface area (Å²) >= 11 is 0. The van der Waals surface area contributed by atoms with E-state index in [2.05, 4.69) is 98.5 Å². The van der Waals surface area contributed by atoms with E-state index in [9.17, 15) is 17.8 Å². The third kappa shape index (κ3) is 5.96. The van der Waals surface area contributed by atoms with Gasteiger partial charge in [0.1, 0.15) is 19.2 Å². The molecule has 0 bridgehead atoms. The molecule has 6 rings (SSSR count). The van der Waals surface area contributed by atoms with Crippen LogP contribution in [0, 0.1) is 6.92 Å². The molecule has 0 aromatic heterocycles. The predicted octanol–water partition coefficient (Wildman–Crippen LogP) is 6.99. The van der Waals surface area contributed by atoms with Gasteiger partial charge in [-0.15, -0.1) is 0 Å². The van der Waals surface area contributed by atoms with E-state index in [-0.39, 0.29) is 16.4 Å². The molecule has 1 saturated heterocycles. The summed E-state index contributed by atoms with van der Waals surface area (Å²) in [5.41, 5.74) is 11.2. The number of allylic oxidation sites excluding steroid dienone is 8. The number of rotatable bonds is 5. The fourth-order valence-corrected chi connectivity index (χ4v) is 8.73. The van der Waals surface area contributed by atoms with Crippen LogP contribution in [0.4, 0.5) is 11.4 Å². The second kappa shape index (κ2) is 12.5. The first-order chi connectivity index (χ1) is 22.6. The van der Waals surface area contributed by atoms with Gasteiger partial charge < -0.3 is 14.5 Å². The van der Waals surface area contributed by atoms with Gasteiger partial charge in [0, 0.05) is 71.7 Å². The SMILES string of the molecule is Cc1ccc2c(c1)C(C)(C)/C(=C/C=C1\CCCC(=CC=C3N(C)c4ccc(S(=O)(=O)O)cc4C3(C)C)C1=[N+]1CCC(OC=O)CC1)N2C. The highest BCUT2D eigenvalue weighted by molar-refractivity contribution is 7.85. The summed E-state index contributed by atoms with van der Waals surface area (Å²) in [6.45, 7) is 13.1. The quantitative estimate of drug-likeness (QED) is 0.208. The number of carbonyl (C=O) groups excluding carboxylic acids is 1. The molecule has 0 spiro atoms. The number of benzene rings is 2. The molecule has 48 heavy (non-hydrogen) atoms. The van der Waals surface area contributed by atoms with Crippen molar-refractivity contribution >= 4 is 33.7 Å². The third-order valence-corrected chi connectivity index (χ3v) is 11.7. The molecule has 1 N–H and O–H groups in total. The zero-order chi connectivity index (χ0) is 34.6. The number of ether oxygens (including phenoxy) is 1. The Hall–Kier alpha value is -3.95. The highest BCUT2D eigenvalue weighted by Gasteiger charge is 2.40. The molecule has 0 amide bonds. The second-order valence-electron chi connectivity index (χ2n) is 14.7. The van der Waals surface area contributed by atoms with Crippen LogP contribution < -0.4 is 9.80 Å². The van der Waals surface area contributed by atoms with Gasteiger partial charge in [-0.05, 0) is 73.7 Å². The number of hydrogen-bond acceptors (Lipinski definition) is 6. The minimum atomic E-state index is -4.31. The molecule has 3 heterocycles. The zero-order valence-electron chi connectivity index (χ0n) is 29.2. The van der Waals surface area contributed by atoms with E-state index >= 15 is 0 Å². The molecule has 3 aliphatic heterocycles. The van der Waals surface area contributed by atoms with E-state index in [0.29, 0.717) is 6.47 Å². The molecule has 2 aromatic rings. The topological polar surface area (TPSA) is 90.2 Å². The molecule has 9 heteroatoms. The standard InChI is InChI=1S/C39H47N3O5S/c1-26-11-15-33-31(23-26)38(2,3)35(40(33)6)17-12-27-9-8-10-28(37(27)42-21-19-29(20-22-42)47-25-43)13-18-36-39(4,5)32-24-30(48(44,45)46)14-16-34(32)41(36)7/h11-18,23-25,29H,8-10,19-22H2,1-7H3/p+1. The zero-order valence-corrected chi connectivity index (χ0v) is 30.0. The molecule has 8 nitrogen and oxygen atoms in total. The molecule has 0 radical (unpaired) electrons. The summed E-state index contributed by atoms with van der Waals surface area (Å²) < 4.78 is 41.4. The van der Waals surface area contributed by atoms with Gasteiger partial charge in [-0.1, -0.05) is 57.5 Å². The van der Waals surface area contributed by atoms with Crippen molar-refractivity contribution in [1.29, 1.82) is 0 Å². The molecule has 0 atom stereocenters. The minimum Gasteiger partial charge on any atom is -0.464 e. The van der Waals surface area contributed by atoms with Gasteiger partial charge in [0.05, 0.1) is 4.90 Å². The fraction of sp³-hybridized carbons (Fsp3) is 0.436. The molecular formula is C39H48N3O5S+. The van der Waals surface area contributed by atoms with Crippen LogP contribution in [0.15, 0.2) is 88.1 Å². The number of carbonyl (C=O) groups is 1. The Morgan fingerprint density at radius 2 is 1.35 bits per heavy atom. The number of hydrogen-bond donors (Lipinski definition) is 1. The number of likely N-dealkylation sites (N-methyl/N-ethyl adjacent to an activating group) is 2. The Morgan fingerprint density at radius 1 is 0.833 bits per heavy atom. The lowest BCUT2D eigenvalue weighted by molar-refractivity contribution is -0.541. The summed E-state index contributed by atoms with van der Waals surface area (Å²) in [5, 5.41) is 0. The van der Waals surface area contributed by atoms with Crippen molar-refractivity contribution in [3.63, 3.8) is 0 Å². The van der Waals surface area contributed by atoms with Crippen LogP contribution in [0.2, 0.25) is 0 Å². The number of aryl methyl sites for hydroxylation is 1. The summed E-state index contributed by atoms with van der Waals surface area (Å²) in [6.07, 6.45) is 13.5. The normalized spacial score (nSPS) is 25.3. The van der Waals surface area contributed by atoms with Crippen molar-refractivity contribution in [2.24, 2.45) is 0 Å². The Kier molecular flexibility index (Phi) is 8.83.